The minimum atomic E-state index is -0.726. The van der Waals surface area contributed by atoms with Gasteiger partial charge in [0.2, 0.25) is 0 Å². The first-order chi connectivity index (χ1) is 14.4. The molecule has 1 aromatic carbocycles. The Morgan fingerprint density at radius 3 is 2.40 bits per heavy atom. The van der Waals surface area contributed by atoms with E-state index in [4.69, 9.17) is 4.74 Å². The number of pyridine rings is 1. The van der Waals surface area contributed by atoms with E-state index in [9.17, 15) is 19.5 Å². The number of carbonyl (C=O) groups is 2. The zero-order valence-electron chi connectivity index (χ0n) is 17.2. The van der Waals surface area contributed by atoms with Crippen molar-refractivity contribution in [3.63, 3.8) is 0 Å². The maximum Gasteiger partial charge on any atom is 0.293 e. The van der Waals surface area contributed by atoms with Crippen molar-refractivity contribution in [3.8, 4) is 11.5 Å². The molecule has 2 aromatic rings. The molecule has 0 aliphatic carbocycles. The number of rotatable bonds is 4. The number of carbonyl (C=O) groups excluding carboxylic acids is 2. The molecule has 30 heavy (non-hydrogen) atoms. The van der Waals surface area contributed by atoms with E-state index in [2.05, 4.69) is 0 Å². The number of benzene rings is 1. The van der Waals surface area contributed by atoms with Gasteiger partial charge in [0.1, 0.15) is 11.4 Å². The number of hydrogen-bond acceptors (Lipinski definition) is 5. The van der Waals surface area contributed by atoms with Gasteiger partial charge >= 0.3 is 0 Å². The fraction of sp³-hybridized carbons (Fsp3) is 0.409. The molecule has 1 aromatic heterocycles. The maximum atomic E-state index is 13.2. The highest BCUT2D eigenvalue weighted by atomic mass is 16.5. The summed E-state index contributed by atoms with van der Waals surface area (Å²) in [6.45, 7) is 2.02. The van der Waals surface area contributed by atoms with E-state index in [-0.39, 0.29) is 17.2 Å². The summed E-state index contributed by atoms with van der Waals surface area (Å²) < 4.78 is 6.34. The first-order valence-electron chi connectivity index (χ1n) is 10.1. The average molecular weight is 411 g/mol. The maximum absolute atomic E-state index is 13.2. The summed E-state index contributed by atoms with van der Waals surface area (Å²) in [5.74, 6) is -0.548. The molecule has 1 saturated heterocycles. The van der Waals surface area contributed by atoms with Crippen LogP contribution in [0, 0.1) is 0 Å². The standard InChI is InChI=1S/C22H25N3O5/c1-23-18(21(28)24-10-3-4-11-24)16-9-12-25(20(27)17(16)19(26)22(23)29)13-14-5-7-15(30-2)8-6-14/h5-8,26H,3-4,9-13H2,1-2H3. The number of aromatic hydroxyl groups is 1. The second-order valence-electron chi connectivity index (χ2n) is 7.74. The van der Waals surface area contributed by atoms with Crippen LogP contribution in [0.2, 0.25) is 0 Å². The van der Waals surface area contributed by atoms with Gasteiger partial charge in [-0.15, -0.1) is 0 Å². The molecule has 0 saturated carbocycles. The Morgan fingerprint density at radius 2 is 1.77 bits per heavy atom. The van der Waals surface area contributed by atoms with Crippen molar-refractivity contribution >= 4 is 11.8 Å². The van der Waals surface area contributed by atoms with E-state index in [1.54, 1.807) is 16.9 Å². The Bertz CT molecular complexity index is 1050. The summed E-state index contributed by atoms with van der Waals surface area (Å²) in [6, 6.07) is 7.37. The van der Waals surface area contributed by atoms with Crippen LogP contribution in [0.25, 0.3) is 0 Å². The Kier molecular flexibility index (Phi) is 5.24. The monoisotopic (exact) mass is 411 g/mol. The quantitative estimate of drug-likeness (QED) is 0.824. The number of amides is 2. The summed E-state index contributed by atoms with van der Waals surface area (Å²) in [5.41, 5.74) is 0.815. The topological polar surface area (TPSA) is 92.1 Å². The van der Waals surface area contributed by atoms with E-state index in [0.717, 1.165) is 24.2 Å². The Morgan fingerprint density at radius 1 is 1.10 bits per heavy atom. The molecule has 0 unspecified atom stereocenters. The summed E-state index contributed by atoms with van der Waals surface area (Å²) in [7, 11) is 3.06. The van der Waals surface area contributed by atoms with Gasteiger partial charge in [0.25, 0.3) is 17.4 Å². The van der Waals surface area contributed by atoms with Crippen molar-refractivity contribution in [3.05, 3.63) is 57.0 Å². The Balaban J connectivity index is 1.70. The zero-order chi connectivity index (χ0) is 21.4. The van der Waals surface area contributed by atoms with Crippen molar-refractivity contribution in [2.24, 2.45) is 7.05 Å². The lowest BCUT2D eigenvalue weighted by molar-refractivity contribution is 0.0719. The molecule has 0 bridgehead atoms. The van der Waals surface area contributed by atoms with Crippen LogP contribution < -0.4 is 10.3 Å². The molecule has 0 spiro atoms. The molecule has 8 nitrogen and oxygen atoms in total. The lowest BCUT2D eigenvalue weighted by Crippen LogP contribution is -2.42. The molecule has 2 amide bonds. The van der Waals surface area contributed by atoms with Gasteiger partial charge < -0.3 is 24.2 Å². The normalized spacial score (nSPS) is 16.0. The van der Waals surface area contributed by atoms with E-state index >= 15 is 0 Å². The summed E-state index contributed by atoms with van der Waals surface area (Å²) >= 11 is 0. The Labute approximate surface area is 174 Å². The lowest BCUT2D eigenvalue weighted by atomic mass is 9.95. The van der Waals surface area contributed by atoms with Crippen LogP contribution in [0.3, 0.4) is 0 Å². The molecule has 3 heterocycles. The van der Waals surface area contributed by atoms with E-state index in [1.807, 2.05) is 24.3 Å². The highest BCUT2D eigenvalue weighted by Gasteiger charge is 2.35. The SMILES string of the molecule is COc1ccc(CN2CCc3c(c(O)c(=O)n(C)c3C(=O)N3CCCC3)C2=O)cc1. The third-order valence-electron chi connectivity index (χ3n) is 5.93. The van der Waals surface area contributed by atoms with Gasteiger partial charge in [-0.3, -0.25) is 14.4 Å². The third-order valence-corrected chi connectivity index (χ3v) is 5.93. The van der Waals surface area contributed by atoms with Crippen LogP contribution in [0.5, 0.6) is 11.5 Å². The number of aromatic nitrogens is 1. The number of hydrogen-bond donors (Lipinski definition) is 1. The third kappa shape index (κ3) is 3.32. The van der Waals surface area contributed by atoms with Crippen LogP contribution in [-0.4, -0.2) is 58.0 Å². The molecule has 1 fully saturated rings. The van der Waals surface area contributed by atoms with Crippen molar-refractivity contribution in [1.82, 2.24) is 14.4 Å². The van der Waals surface area contributed by atoms with Crippen molar-refractivity contribution in [2.45, 2.75) is 25.8 Å². The van der Waals surface area contributed by atoms with Gasteiger partial charge in [-0.2, -0.15) is 0 Å². The predicted octanol–water partition coefficient (Wildman–Crippen LogP) is 1.53. The largest absolute Gasteiger partial charge is 0.502 e. The molecule has 4 rings (SSSR count). The fourth-order valence-electron chi connectivity index (χ4n) is 4.26. The second kappa shape index (κ2) is 7.85. The number of ether oxygens (including phenoxy) is 1. The van der Waals surface area contributed by atoms with Gasteiger partial charge in [-0.05, 0) is 37.0 Å². The van der Waals surface area contributed by atoms with E-state index in [1.165, 1.54) is 11.6 Å². The van der Waals surface area contributed by atoms with Crippen LogP contribution >= 0.6 is 0 Å². The highest BCUT2D eigenvalue weighted by molar-refractivity contribution is 6.03. The molecular formula is C22H25N3O5. The van der Waals surface area contributed by atoms with Crippen molar-refractivity contribution in [1.29, 1.82) is 0 Å². The van der Waals surface area contributed by atoms with Gasteiger partial charge in [0.15, 0.2) is 5.75 Å². The fourth-order valence-corrected chi connectivity index (χ4v) is 4.26. The molecule has 2 aliphatic heterocycles. The number of likely N-dealkylation sites (tertiary alicyclic amines) is 1. The van der Waals surface area contributed by atoms with Crippen LogP contribution in [-0.2, 0) is 20.0 Å². The van der Waals surface area contributed by atoms with Crippen LogP contribution in [0.15, 0.2) is 29.1 Å². The molecule has 8 heteroatoms. The lowest BCUT2D eigenvalue weighted by Gasteiger charge is -2.31. The van der Waals surface area contributed by atoms with Gasteiger partial charge in [0.05, 0.1) is 12.7 Å². The molecule has 0 radical (unpaired) electrons. The summed E-state index contributed by atoms with van der Waals surface area (Å²) in [4.78, 5) is 42.2. The van der Waals surface area contributed by atoms with Gasteiger partial charge in [-0.25, -0.2) is 0 Å². The number of fused-ring (bicyclic) bond motifs is 1. The molecule has 1 N–H and O–H groups in total. The number of nitrogens with zero attached hydrogens (tertiary/aromatic N) is 3. The minimum absolute atomic E-state index is 0.0413. The number of methoxy groups -OCH3 is 1. The van der Waals surface area contributed by atoms with E-state index < -0.39 is 17.2 Å². The minimum Gasteiger partial charge on any atom is -0.502 e. The molecule has 158 valence electrons. The molecular weight excluding hydrogens is 386 g/mol. The van der Waals surface area contributed by atoms with E-state index in [0.29, 0.717) is 38.2 Å². The first kappa shape index (κ1) is 20.0. The van der Waals surface area contributed by atoms with Crippen LogP contribution in [0.1, 0.15) is 44.8 Å². The molecule has 2 aliphatic rings. The van der Waals surface area contributed by atoms with Crippen LogP contribution in [0.4, 0.5) is 0 Å². The average Bonchev–Trinajstić information content (AvgIpc) is 3.29. The zero-order valence-corrected chi connectivity index (χ0v) is 17.2. The predicted molar refractivity (Wildman–Crippen MR) is 110 cm³/mol. The van der Waals surface area contributed by atoms with Crippen molar-refractivity contribution in [2.75, 3.05) is 26.7 Å². The first-order valence-corrected chi connectivity index (χ1v) is 10.1. The van der Waals surface area contributed by atoms with Gasteiger partial charge in [-0.1, -0.05) is 12.1 Å². The second-order valence-corrected chi connectivity index (χ2v) is 7.74. The smallest absolute Gasteiger partial charge is 0.293 e. The van der Waals surface area contributed by atoms with Gasteiger partial charge in [0, 0.05) is 38.8 Å². The summed E-state index contributed by atoms with van der Waals surface area (Å²) in [5, 5.41) is 10.5. The Hall–Kier alpha value is -3.29. The molecule has 0 atom stereocenters. The van der Waals surface area contributed by atoms with Crippen molar-refractivity contribution < 1.29 is 19.4 Å². The summed E-state index contributed by atoms with van der Waals surface area (Å²) in [6.07, 6.45) is 2.25. The highest BCUT2D eigenvalue weighted by Crippen LogP contribution is 2.29.